The fraction of sp³-hybridized carbons (Fsp3) is 0.464. The van der Waals surface area contributed by atoms with Gasteiger partial charge in [-0.05, 0) is 49.3 Å². The van der Waals surface area contributed by atoms with Gasteiger partial charge in [0.25, 0.3) is 0 Å². The quantitative estimate of drug-likeness (QED) is 0.652. The second-order valence-corrected chi connectivity index (χ2v) is 10.2. The van der Waals surface area contributed by atoms with Crippen molar-refractivity contribution in [3.05, 3.63) is 66.0 Å². The van der Waals surface area contributed by atoms with Crippen molar-refractivity contribution in [1.82, 2.24) is 25.4 Å². The average Bonchev–Trinajstić information content (AvgIpc) is 3.59. The lowest BCUT2D eigenvalue weighted by Crippen LogP contribution is -2.56. The first-order chi connectivity index (χ1) is 18.0. The normalized spacial score (nSPS) is 26.9. The highest BCUT2D eigenvalue weighted by Gasteiger charge is 2.44. The van der Waals surface area contributed by atoms with Crippen LogP contribution in [0.3, 0.4) is 0 Å². The Kier molecular flexibility index (Phi) is 7.48. The molecule has 0 aliphatic carbocycles. The largest absolute Gasteiger partial charge is 0.351 e. The molecule has 3 aliphatic heterocycles. The number of carbonyl (C=O) groups excluding carboxylic acids is 4. The van der Waals surface area contributed by atoms with E-state index in [0.717, 1.165) is 17.5 Å². The van der Waals surface area contributed by atoms with Gasteiger partial charge in [0.05, 0.1) is 0 Å². The van der Waals surface area contributed by atoms with Crippen LogP contribution < -0.4 is 10.6 Å². The molecule has 3 fully saturated rings. The van der Waals surface area contributed by atoms with Crippen LogP contribution in [0.5, 0.6) is 0 Å². The van der Waals surface area contributed by atoms with E-state index in [1.54, 1.807) is 28.3 Å². The van der Waals surface area contributed by atoms with E-state index in [0.29, 0.717) is 38.8 Å². The molecular weight excluding hydrogens is 470 g/mol. The van der Waals surface area contributed by atoms with Crippen LogP contribution in [0.25, 0.3) is 0 Å². The van der Waals surface area contributed by atoms with Crippen LogP contribution in [-0.2, 0) is 32.0 Å². The molecule has 1 aromatic heterocycles. The number of fused-ring (bicyclic) bond motifs is 2. The minimum Gasteiger partial charge on any atom is -0.351 e. The summed E-state index contributed by atoms with van der Waals surface area (Å²) in [5, 5.41) is 5.99. The van der Waals surface area contributed by atoms with Gasteiger partial charge in [0, 0.05) is 44.4 Å². The van der Waals surface area contributed by atoms with Gasteiger partial charge in [-0.2, -0.15) is 0 Å². The Morgan fingerprint density at radius 1 is 0.784 bits per heavy atom. The fourth-order valence-corrected chi connectivity index (χ4v) is 5.78. The number of nitrogens with zero attached hydrogens (tertiary/aromatic N) is 3. The summed E-state index contributed by atoms with van der Waals surface area (Å²) in [4.78, 5) is 61.5. The molecule has 5 rings (SSSR count). The third kappa shape index (κ3) is 5.65. The lowest BCUT2D eigenvalue weighted by atomic mass is 10.0. The summed E-state index contributed by atoms with van der Waals surface area (Å²) < 4.78 is 0. The highest BCUT2D eigenvalue weighted by molar-refractivity contribution is 5.95. The van der Waals surface area contributed by atoms with E-state index in [-0.39, 0.29) is 36.5 Å². The summed E-state index contributed by atoms with van der Waals surface area (Å²) >= 11 is 0. The summed E-state index contributed by atoms with van der Waals surface area (Å²) in [6, 6.07) is 10.8. The summed E-state index contributed by atoms with van der Waals surface area (Å²) in [7, 11) is 0. The van der Waals surface area contributed by atoms with Crippen LogP contribution in [0.2, 0.25) is 0 Å². The van der Waals surface area contributed by atoms with Crippen molar-refractivity contribution >= 4 is 23.6 Å². The number of carbonyl (C=O) groups is 4. The molecule has 4 atom stereocenters. The number of rotatable bonds is 4. The lowest BCUT2D eigenvalue weighted by Gasteiger charge is -2.32. The maximum absolute atomic E-state index is 13.8. The van der Waals surface area contributed by atoms with E-state index in [4.69, 9.17) is 0 Å². The van der Waals surface area contributed by atoms with E-state index in [2.05, 4.69) is 15.6 Å². The van der Waals surface area contributed by atoms with Gasteiger partial charge in [-0.1, -0.05) is 36.4 Å². The number of hydrogen-bond donors (Lipinski definition) is 2. The molecule has 1 aromatic carbocycles. The van der Waals surface area contributed by atoms with Crippen LogP contribution in [0, 0.1) is 0 Å². The van der Waals surface area contributed by atoms with Crippen molar-refractivity contribution < 1.29 is 19.2 Å². The first-order valence-electron chi connectivity index (χ1n) is 13.1. The predicted molar refractivity (Wildman–Crippen MR) is 136 cm³/mol. The zero-order chi connectivity index (χ0) is 25.8. The predicted octanol–water partition coefficient (Wildman–Crippen LogP) is 1.22. The lowest BCUT2D eigenvalue weighted by molar-refractivity contribution is -0.147. The van der Waals surface area contributed by atoms with Crippen LogP contribution in [0.1, 0.15) is 43.2 Å². The molecule has 9 heteroatoms. The van der Waals surface area contributed by atoms with E-state index in [9.17, 15) is 19.2 Å². The molecule has 0 unspecified atom stereocenters. The monoisotopic (exact) mass is 503 g/mol. The molecule has 2 aromatic rings. The zero-order valence-electron chi connectivity index (χ0n) is 20.8. The Morgan fingerprint density at radius 2 is 1.49 bits per heavy atom. The second kappa shape index (κ2) is 11.1. The van der Waals surface area contributed by atoms with Gasteiger partial charge in [-0.25, -0.2) is 0 Å². The van der Waals surface area contributed by atoms with Gasteiger partial charge in [-0.3, -0.25) is 24.2 Å². The molecule has 0 bridgehead atoms. The van der Waals surface area contributed by atoms with Gasteiger partial charge in [0.2, 0.25) is 23.6 Å². The molecule has 0 saturated carbocycles. The topological polar surface area (TPSA) is 112 Å². The van der Waals surface area contributed by atoms with Crippen molar-refractivity contribution in [3.8, 4) is 0 Å². The first-order valence-corrected chi connectivity index (χ1v) is 13.1. The summed E-state index contributed by atoms with van der Waals surface area (Å²) in [6.45, 7) is 0.949. The Morgan fingerprint density at radius 3 is 2.22 bits per heavy atom. The Bertz CT molecular complexity index is 1140. The van der Waals surface area contributed by atoms with E-state index < -0.39 is 24.2 Å². The Hall–Kier alpha value is -3.75. The molecule has 0 radical (unpaired) electrons. The molecule has 2 N–H and O–H groups in total. The Balaban J connectivity index is 1.46. The average molecular weight is 504 g/mol. The molecule has 194 valence electrons. The standard InChI is InChI=1S/C28H33N5O4/c34-25-17-21(15-19-7-2-1-3-8-19)30-26(35)23-10-5-13-32(23)28(37)24-11-6-14-33(24)27(36)22(31-25)16-20-9-4-12-29-18-20/h1-4,7-9,12,18,21-24H,5-6,10-11,13-17H2,(H,30,35)(H,31,34)/t21-,22-,23-,24-/m0/s1. The number of aromatic nitrogens is 1. The molecule has 3 aliphatic rings. The summed E-state index contributed by atoms with van der Waals surface area (Å²) in [5.41, 5.74) is 1.81. The molecule has 4 amide bonds. The van der Waals surface area contributed by atoms with Crippen molar-refractivity contribution in [2.45, 2.75) is 69.1 Å². The maximum Gasteiger partial charge on any atom is 0.246 e. The zero-order valence-corrected chi connectivity index (χ0v) is 20.8. The highest BCUT2D eigenvalue weighted by atomic mass is 16.2. The van der Waals surface area contributed by atoms with Gasteiger partial charge >= 0.3 is 0 Å². The van der Waals surface area contributed by atoms with E-state index in [1.807, 2.05) is 36.4 Å². The summed E-state index contributed by atoms with van der Waals surface area (Å²) in [5.74, 6) is -0.981. The number of benzene rings is 1. The van der Waals surface area contributed by atoms with Crippen molar-refractivity contribution in [3.63, 3.8) is 0 Å². The van der Waals surface area contributed by atoms with E-state index >= 15 is 0 Å². The summed E-state index contributed by atoms with van der Waals surface area (Å²) in [6.07, 6.45) is 6.69. The van der Waals surface area contributed by atoms with Gasteiger partial charge in [0.15, 0.2) is 0 Å². The smallest absolute Gasteiger partial charge is 0.246 e. The molecule has 37 heavy (non-hydrogen) atoms. The van der Waals surface area contributed by atoms with Crippen LogP contribution in [0.4, 0.5) is 0 Å². The first kappa shape index (κ1) is 24.9. The molecule has 0 spiro atoms. The molecule has 9 nitrogen and oxygen atoms in total. The van der Waals surface area contributed by atoms with Crippen LogP contribution in [-0.4, -0.2) is 75.7 Å². The maximum atomic E-state index is 13.8. The van der Waals surface area contributed by atoms with Crippen molar-refractivity contribution in [2.75, 3.05) is 13.1 Å². The van der Waals surface area contributed by atoms with Crippen LogP contribution in [0.15, 0.2) is 54.9 Å². The number of pyridine rings is 1. The Labute approximate surface area is 216 Å². The SMILES string of the molecule is O=C1C[C@H](Cc2ccccc2)NC(=O)[C@@H]2CCCN2C(=O)[C@@H]2CCCN2C(=O)[C@H](Cc2cccnc2)N1. The second-order valence-electron chi connectivity index (χ2n) is 10.2. The van der Waals surface area contributed by atoms with Crippen molar-refractivity contribution in [1.29, 1.82) is 0 Å². The molecule has 4 heterocycles. The minimum atomic E-state index is -0.826. The number of nitrogens with one attached hydrogen (secondary N) is 2. The van der Waals surface area contributed by atoms with Crippen LogP contribution >= 0.6 is 0 Å². The highest BCUT2D eigenvalue weighted by Crippen LogP contribution is 2.26. The fourth-order valence-electron chi connectivity index (χ4n) is 5.78. The molecule has 3 saturated heterocycles. The minimum absolute atomic E-state index is 0.0293. The molecular formula is C28H33N5O4. The number of amides is 4. The van der Waals surface area contributed by atoms with Gasteiger partial charge < -0.3 is 20.4 Å². The third-order valence-electron chi connectivity index (χ3n) is 7.56. The van der Waals surface area contributed by atoms with Gasteiger partial charge in [0.1, 0.15) is 18.1 Å². The van der Waals surface area contributed by atoms with E-state index in [1.165, 1.54) is 0 Å². The van der Waals surface area contributed by atoms with Gasteiger partial charge in [-0.15, -0.1) is 0 Å². The van der Waals surface area contributed by atoms with Crippen molar-refractivity contribution in [2.24, 2.45) is 0 Å². The third-order valence-corrected chi connectivity index (χ3v) is 7.56. The number of hydrogen-bond acceptors (Lipinski definition) is 5.